The van der Waals surface area contributed by atoms with E-state index >= 15 is 0 Å². The molecule has 0 aliphatic rings. The summed E-state index contributed by atoms with van der Waals surface area (Å²) in [6.45, 7) is 0. The van der Waals surface area contributed by atoms with E-state index in [1.165, 1.54) is 10.5 Å². The van der Waals surface area contributed by atoms with Crippen molar-refractivity contribution >= 4 is 28.2 Å². The van der Waals surface area contributed by atoms with Crippen LogP contribution in [0.4, 0.5) is 4.39 Å². The van der Waals surface area contributed by atoms with Crippen molar-refractivity contribution < 1.29 is 4.39 Å². The molecule has 0 N–H and O–H groups in total. The second-order valence-corrected chi connectivity index (χ2v) is 3.25. The summed E-state index contributed by atoms with van der Waals surface area (Å²) < 4.78 is 15.1. The lowest BCUT2D eigenvalue weighted by atomic mass is 10.5. The summed E-state index contributed by atoms with van der Waals surface area (Å²) in [7, 11) is 0. The summed E-state index contributed by atoms with van der Waals surface area (Å²) in [5, 5.41) is 0. The highest BCUT2D eigenvalue weighted by atomic mass is 127. The van der Waals surface area contributed by atoms with Crippen LogP contribution in [0, 0.1) is 9.65 Å². The van der Waals surface area contributed by atoms with Crippen LogP contribution in [0.3, 0.4) is 0 Å². The molecular formula is C7H4FIN2. The lowest BCUT2D eigenvalue weighted by Crippen LogP contribution is -1.88. The number of rotatable bonds is 0. The molecule has 0 bridgehead atoms. The van der Waals surface area contributed by atoms with Crippen molar-refractivity contribution in [1.82, 2.24) is 9.38 Å². The zero-order valence-corrected chi connectivity index (χ0v) is 7.62. The Kier molecular flexibility index (Phi) is 1.56. The lowest BCUT2D eigenvalue weighted by molar-refractivity contribution is 0.567. The van der Waals surface area contributed by atoms with Gasteiger partial charge in [0.2, 0.25) is 0 Å². The van der Waals surface area contributed by atoms with E-state index in [-0.39, 0.29) is 5.95 Å². The third kappa shape index (κ3) is 1.11. The number of pyridine rings is 1. The van der Waals surface area contributed by atoms with E-state index in [0.717, 1.165) is 3.70 Å². The predicted octanol–water partition coefficient (Wildman–Crippen LogP) is 2.08. The van der Waals surface area contributed by atoms with Crippen molar-refractivity contribution in [2.45, 2.75) is 0 Å². The van der Waals surface area contributed by atoms with E-state index in [0.29, 0.717) is 5.65 Å². The summed E-state index contributed by atoms with van der Waals surface area (Å²) in [6, 6.07) is 4.82. The minimum absolute atomic E-state index is 0.280. The molecular weight excluding hydrogens is 258 g/mol. The van der Waals surface area contributed by atoms with Crippen molar-refractivity contribution in [3.63, 3.8) is 0 Å². The number of aromatic nitrogens is 2. The molecule has 56 valence electrons. The molecule has 0 fully saturated rings. The van der Waals surface area contributed by atoms with E-state index in [2.05, 4.69) is 27.6 Å². The molecule has 0 atom stereocenters. The van der Waals surface area contributed by atoms with Gasteiger partial charge in [0.1, 0.15) is 9.35 Å². The quantitative estimate of drug-likeness (QED) is 0.524. The topological polar surface area (TPSA) is 17.3 Å². The van der Waals surface area contributed by atoms with Crippen molar-refractivity contribution in [1.29, 1.82) is 0 Å². The first-order valence-corrected chi connectivity index (χ1v) is 4.14. The maximum absolute atomic E-state index is 12.9. The van der Waals surface area contributed by atoms with Gasteiger partial charge >= 0.3 is 0 Å². The van der Waals surface area contributed by atoms with Crippen LogP contribution in [0.1, 0.15) is 0 Å². The first kappa shape index (κ1) is 7.02. The van der Waals surface area contributed by atoms with Gasteiger partial charge in [0.15, 0.2) is 5.95 Å². The maximum Gasteiger partial charge on any atom is 0.199 e. The molecule has 0 aromatic carbocycles. The standard InChI is InChI=1S/C7H4FIN2/c8-5-2-1-3-7-10-6(9)4-11(5)7/h1-4H. The first-order valence-electron chi connectivity index (χ1n) is 3.06. The van der Waals surface area contributed by atoms with Gasteiger partial charge in [0, 0.05) is 6.20 Å². The molecule has 2 aromatic heterocycles. The summed E-state index contributed by atoms with van der Waals surface area (Å²) in [4.78, 5) is 4.08. The van der Waals surface area contributed by atoms with Crippen molar-refractivity contribution in [3.05, 3.63) is 34.0 Å². The number of hydrogen-bond acceptors (Lipinski definition) is 1. The Morgan fingerprint density at radius 2 is 2.27 bits per heavy atom. The molecule has 2 heterocycles. The number of halogens is 2. The number of fused-ring (bicyclic) bond motifs is 1. The predicted molar refractivity (Wildman–Crippen MR) is 47.9 cm³/mol. The molecule has 4 heteroatoms. The summed E-state index contributed by atoms with van der Waals surface area (Å²) in [6.07, 6.45) is 1.66. The Balaban J connectivity index is 2.90. The van der Waals surface area contributed by atoms with Crippen LogP contribution in [-0.4, -0.2) is 9.38 Å². The van der Waals surface area contributed by atoms with Gasteiger partial charge in [-0.05, 0) is 34.7 Å². The van der Waals surface area contributed by atoms with Crippen molar-refractivity contribution in [2.75, 3.05) is 0 Å². The largest absolute Gasteiger partial charge is 0.275 e. The van der Waals surface area contributed by atoms with Gasteiger partial charge in [-0.25, -0.2) is 4.98 Å². The molecule has 0 saturated carbocycles. The summed E-state index contributed by atoms with van der Waals surface area (Å²) in [5.74, 6) is -0.280. The molecule has 2 rings (SSSR count). The number of hydrogen-bond donors (Lipinski definition) is 0. The molecule has 2 aromatic rings. The van der Waals surface area contributed by atoms with E-state index in [4.69, 9.17) is 0 Å². The highest BCUT2D eigenvalue weighted by Gasteiger charge is 2.00. The average Bonchev–Trinajstić information content (AvgIpc) is 2.31. The Morgan fingerprint density at radius 1 is 1.45 bits per heavy atom. The maximum atomic E-state index is 12.9. The lowest BCUT2D eigenvalue weighted by Gasteiger charge is -1.91. The normalized spacial score (nSPS) is 10.7. The van der Waals surface area contributed by atoms with E-state index in [1.807, 2.05) is 0 Å². The highest BCUT2D eigenvalue weighted by Crippen LogP contribution is 2.08. The molecule has 0 saturated heterocycles. The Morgan fingerprint density at radius 3 is 3.00 bits per heavy atom. The zero-order valence-electron chi connectivity index (χ0n) is 5.46. The number of imidazole rings is 1. The summed E-state index contributed by atoms with van der Waals surface area (Å²) >= 11 is 2.05. The smallest absolute Gasteiger partial charge is 0.199 e. The third-order valence-corrected chi connectivity index (χ3v) is 1.93. The third-order valence-electron chi connectivity index (χ3n) is 1.41. The van der Waals surface area contributed by atoms with Crippen LogP contribution in [-0.2, 0) is 0 Å². The molecule has 0 aliphatic carbocycles. The van der Waals surface area contributed by atoms with Crippen LogP contribution >= 0.6 is 22.6 Å². The van der Waals surface area contributed by atoms with Crippen molar-refractivity contribution in [2.24, 2.45) is 0 Å². The molecule has 0 amide bonds. The molecule has 0 unspecified atom stereocenters. The van der Waals surface area contributed by atoms with Gasteiger partial charge in [0.25, 0.3) is 0 Å². The highest BCUT2D eigenvalue weighted by molar-refractivity contribution is 14.1. The Bertz CT molecular complexity index is 396. The van der Waals surface area contributed by atoms with E-state index < -0.39 is 0 Å². The second kappa shape index (κ2) is 2.44. The van der Waals surface area contributed by atoms with Crippen LogP contribution in [0.2, 0.25) is 0 Å². The minimum atomic E-state index is -0.280. The van der Waals surface area contributed by atoms with Gasteiger partial charge in [-0.2, -0.15) is 4.39 Å². The van der Waals surface area contributed by atoms with Crippen LogP contribution in [0.15, 0.2) is 24.4 Å². The molecule has 11 heavy (non-hydrogen) atoms. The Labute approximate surface area is 76.2 Å². The molecule has 0 aliphatic heterocycles. The van der Waals surface area contributed by atoms with Crippen molar-refractivity contribution in [3.8, 4) is 0 Å². The van der Waals surface area contributed by atoms with Gasteiger partial charge < -0.3 is 0 Å². The fraction of sp³-hybridized carbons (Fsp3) is 0. The van der Waals surface area contributed by atoms with Gasteiger partial charge in [-0.1, -0.05) is 6.07 Å². The fourth-order valence-electron chi connectivity index (χ4n) is 0.947. The van der Waals surface area contributed by atoms with Crippen LogP contribution < -0.4 is 0 Å². The van der Waals surface area contributed by atoms with Crippen LogP contribution in [0.5, 0.6) is 0 Å². The van der Waals surface area contributed by atoms with Crippen LogP contribution in [0.25, 0.3) is 5.65 Å². The zero-order chi connectivity index (χ0) is 7.84. The molecule has 0 spiro atoms. The molecule has 0 radical (unpaired) electrons. The summed E-state index contributed by atoms with van der Waals surface area (Å²) in [5.41, 5.74) is 0.648. The second-order valence-electron chi connectivity index (χ2n) is 2.14. The first-order chi connectivity index (χ1) is 5.27. The van der Waals surface area contributed by atoms with E-state index in [1.54, 1.807) is 18.3 Å². The molecule has 2 nitrogen and oxygen atoms in total. The number of nitrogens with zero attached hydrogens (tertiary/aromatic N) is 2. The van der Waals surface area contributed by atoms with Gasteiger partial charge in [0.05, 0.1) is 0 Å². The van der Waals surface area contributed by atoms with Gasteiger partial charge in [-0.15, -0.1) is 0 Å². The van der Waals surface area contributed by atoms with Gasteiger partial charge in [-0.3, -0.25) is 4.40 Å². The average molecular weight is 262 g/mol. The fourth-order valence-corrected chi connectivity index (χ4v) is 1.47. The monoisotopic (exact) mass is 262 g/mol. The Hall–Kier alpha value is -0.650. The van der Waals surface area contributed by atoms with E-state index in [9.17, 15) is 4.39 Å². The minimum Gasteiger partial charge on any atom is -0.275 e. The SMILES string of the molecule is Fc1cccc2nc(I)cn12.